The van der Waals surface area contributed by atoms with Crippen LogP contribution in [0.4, 0.5) is 9.18 Å². The van der Waals surface area contributed by atoms with Crippen LogP contribution in [-0.2, 0) is 11.3 Å². The fraction of sp³-hybridized carbons (Fsp3) is 0.588. The van der Waals surface area contributed by atoms with Gasteiger partial charge in [0.1, 0.15) is 5.82 Å². The number of amides is 2. The van der Waals surface area contributed by atoms with E-state index in [0.717, 1.165) is 31.2 Å². The average molecular weight is 308 g/mol. The molecule has 0 aromatic heterocycles. The lowest BCUT2D eigenvalue weighted by Gasteiger charge is -2.12. The van der Waals surface area contributed by atoms with Crippen molar-refractivity contribution >= 4 is 6.03 Å². The largest absolute Gasteiger partial charge is 0.377 e. The van der Waals surface area contributed by atoms with Crippen molar-refractivity contribution in [2.75, 3.05) is 13.2 Å². The zero-order chi connectivity index (χ0) is 15.6. The van der Waals surface area contributed by atoms with Crippen LogP contribution in [0.5, 0.6) is 0 Å². The van der Waals surface area contributed by atoms with Gasteiger partial charge in [0.15, 0.2) is 0 Å². The first-order chi connectivity index (χ1) is 10.7. The molecule has 4 nitrogen and oxygen atoms in total. The molecule has 1 aromatic carbocycles. The van der Waals surface area contributed by atoms with E-state index in [0.29, 0.717) is 25.8 Å². The van der Waals surface area contributed by atoms with Gasteiger partial charge >= 0.3 is 6.03 Å². The number of hydrogen-bond acceptors (Lipinski definition) is 2. The van der Waals surface area contributed by atoms with E-state index >= 15 is 0 Å². The number of halogens is 1. The predicted octanol–water partition coefficient (Wildman–Crippen LogP) is 3.36. The van der Waals surface area contributed by atoms with E-state index in [9.17, 15) is 9.18 Å². The summed E-state index contributed by atoms with van der Waals surface area (Å²) in [7, 11) is 0. The van der Waals surface area contributed by atoms with E-state index in [1.54, 1.807) is 12.1 Å². The van der Waals surface area contributed by atoms with E-state index in [-0.39, 0.29) is 11.8 Å². The second-order valence-corrected chi connectivity index (χ2v) is 5.77. The van der Waals surface area contributed by atoms with E-state index in [1.165, 1.54) is 25.0 Å². The second-order valence-electron chi connectivity index (χ2n) is 5.77. The Morgan fingerprint density at radius 3 is 2.64 bits per heavy atom. The van der Waals surface area contributed by atoms with E-state index in [1.807, 2.05) is 0 Å². The molecule has 22 heavy (non-hydrogen) atoms. The molecule has 2 amide bonds. The van der Waals surface area contributed by atoms with Crippen molar-refractivity contribution in [3.8, 4) is 0 Å². The second kappa shape index (κ2) is 9.41. The fourth-order valence-electron chi connectivity index (χ4n) is 2.61. The summed E-state index contributed by atoms with van der Waals surface area (Å²) >= 11 is 0. The molecule has 0 saturated heterocycles. The molecule has 0 radical (unpaired) electrons. The summed E-state index contributed by atoms with van der Waals surface area (Å²) in [6.07, 6.45) is 6.42. The number of unbranched alkanes of at least 4 members (excludes halogenated alkanes) is 1. The average Bonchev–Trinajstić information content (AvgIpc) is 3.01. The maximum atomic E-state index is 12.7. The Balaban J connectivity index is 1.43. The lowest BCUT2D eigenvalue weighted by molar-refractivity contribution is 0.117. The van der Waals surface area contributed by atoms with Crippen LogP contribution in [0.1, 0.15) is 44.1 Å². The third-order valence-corrected chi connectivity index (χ3v) is 3.87. The summed E-state index contributed by atoms with van der Waals surface area (Å²) in [6, 6.07) is 6.63. The predicted molar refractivity (Wildman–Crippen MR) is 84.1 cm³/mol. The molecule has 1 aromatic rings. The van der Waals surface area contributed by atoms with Gasteiger partial charge in [-0.15, -0.1) is 0 Å². The summed E-state index contributed by atoms with van der Waals surface area (Å²) in [5.74, 6) is -0.231. The fourth-order valence-corrected chi connectivity index (χ4v) is 2.61. The molecule has 0 bridgehead atoms. The summed E-state index contributed by atoms with van der Waals surface area (Å²) in [5, 5.41) is 5.87. The van der Waals surface area contributed by atoms with Crippen LogP contribution in [0.3, 0.4) is 0 Å². The maximum absolute atomic E-state index is 12.7. The monoisotopic (exact) mass is 308 g/mol. The summed E-state index contributed by atoms with van der Waals surface area (Å²) in [5.41, 5.74) is 0.968. The van der Waals surface area contributed by atoms with Gasteiger partial charge in [-0.3, -0.25) is 0 Å². The van der Waals surface area contributed by atoms with Gasteiger partial charge in [0.05, 0.1) is 6.61 Å². The quantitative estimate of drug-likeness (QED) is 0.724. The molecule has 0 spiro atoms. The van der Waals surface area contributed by atoms with Crippen LogP contribution in [-0.4, -0.2) is 25.2 Å². The molecule has 5 heteroatoms. The van der Waals surface area contributed by atoms with E-state index < -0.39 is 0 Å². The third kappa shape index (κ3) is 6.43. The Kier molecular flexibility index (Phi) is 7.16. The molecule has 1 saturated carbocycles. The Hall–Kier alpha value is -1.62. The third-order valence-electron chi connectivity index (χ3n) is 3.87. The van der Waals surface area contributed by atoms with Gasteiger partial charge in [-0.25, -0.2) is 9.18 Å². The highest BCUT2D eigenvalue weighted by Crippen LogP contribution is 2.17. The first-order valence-electron chi connectivity index (χ1n) is 8.10. The van der Waals surface area contributed by atoms with Gasteiger partial charge in [0, 0.05) is 19.2 Å². The molecule has 0 aliphatic heterocycles. The SMILES string of the molecule is O=C(NCCCCOCc1ccc(F)cc1)NC1CCCC1. The number of carbonyl (C=O) groups is 1. The molecule has 0 atom stereocenters. The van der Waals surface area contributed by atoms with Crippen molar-refractivity contribution in [1.29, 1.82) is 0 Å². The van der Waals surface area contributed by atoms with Gasteiger partial charge in [-0.05, 0) is 43.4 Å². The minimum absolute atomic E-state index is 0.0564. The first-order valence-corrected chi connectivity index (χ1v) is 8.10. The van der Waals surface area contributed by atoms with Gasteiger partial charge in [0.2, 0.25) is 0 Å². The van der Waals surface area contributed by atoms with Gasteiger partial charge in [-0.1, -0.05) is 25.0 Å². The number of nitrogens with one attached hydrogen (secondary N) is 2. The number of benzene rings is 1. The minimum atomic E-state index is -0.231. The number of ether oxygens (including phenoxy) is 1. The molecule has 0 unspecified atom stereocenters. The van der Waals surface area contributed by atoms with Crippen LogP contribution in [0, 0.1) is 5.82 Å². The van der Waals surface area contributed by atoms with Crippen molar-refractivity contribution in [3.05, 3.63) is 35.6 Å². The van der Waals surface area contributed by atoms with E-state index in [4.69, 9.17) is 4.74 Å². The molecule has 0 heterocycles. The normalized spacial score (nSPS) is 15.0. The smallest absolute Gasteiger partial charge is 0.315 e. The Morgan fingerprint density at radius 1 is 1.18 bits per heavy atom. The lowest BCUT2D eigenvalue weighted by atomic mass is 10.2. The Labute approximate surface area is 131 Å². The van der Waals surface area contributed by atoms with Gasteiger partial charge in [0.25, 0.3) is 0 Å². The van der Waals surface area contributed by atoms with Gasteiger partial charge < -0.3 is 15.4 Å². The molecule has 2 N–H and O–H groups in total. The summed E-state index contributed by atoms with van der Waals surface area (Å²) in [6.45, 7) is 1.80. The van der Waals surface area contributed by atoms with E-state index in [2.05, 4.69) is 10.6 Å². The Bertz CT molecular complexity index is 444. The standard InChI is InChI=1S/C17H25FN2O2/c18-15-9-7-14(8-10-15)13-22-12-4-3-11-19-17(21)20-16-5-1-2-6-16/h7-10,16H,1-6,11-13H2,(H2,19,20,21). The highest BCUT2D eigenvalue weighted by Gasteiger charge is 2.16. The molecular weight excluding hydrogens is 283 g/mol. The lowest BCUT2D eigenvalue weighted by Crippen LogP contribution is -2.41. The van der Waals surface area contributed by atoms with Crippen molar-refractivity contribution in [3.63, 3.8) is 0 Å². The molecule has 1 aliphatic rings. The Morgan fingerprint density at radius 2 is 1.91 bits per heavy atom. The topological polar surface area (TPSA) is 50.4 Å². The van der Waals surface area contributed by atoms with Crippen molar-refractivity contribution in [2.45, 2.75) is 51.2 Å². The van der Waals surface area contributed by atoms with Crippen LogP contribution >= 0.6 is 0 Å². The van der Waals surface area contributed by atoms with Crippen LogP contribution in [0.2, 0.25) is 0 Å². The molecule has 1 aliphatic carbocycles. The molecule has 122 valence electrons. The van der Waals surface area contributed by atoms with Crippen molar-refractivity contribution < 1.29 is 13.9 Å². The number of carbonyl (C=O) groups excluding carboxylic acids is 1. The first kappa shape index (κ1) is 16.7. The number of urea groups is 1. The van der Waals surface area contributed by atoms with Crippen molar-refractivity contribution in [2.24, 2.45) is 0 Å². The summed E-state index contributed by atoms with van der Waals surface area (Å²) < 4.78 is 18.3. The highest BCUT2D eigenvalue weighted by molar-refractivity contribution is 5.74. The van der Waals surface area contributed by atoms with Crippen molar-refractivity contribution in [1.82, 2.24) is 10.6 Å². The van der Waals surface area contributed by atoms with Gasteiger partial charge in [-0.2, -0.15) is 0 Å². The number of hydrogen-bond donors (Lipinski definition) is 2. The number of rotatable bonds is 8. The summed E-state index contributed by atoms with van der Waals surface area (Å²) in [4.78, 5) is 11.6. The zero-order valence-corrected chi connectivity index (χ0v) is 12.9. The zero-order valence-electron chi connectivity index (χ0n) is 12.9. The van der Waals surface area contributed by atoms with Crippen LogP contribution in [0.15, 0.2) is 24.3 Å². The maximum Gasteiger partial charge on any atom is 0.315 e. The molecular formula is C17H25FN2O2. The highest BCUT2D eigenvalue weighted by atomic mass is 19.1. The van der Waals surface area contributed by atoms with Crippen LogP contribution in [0.25, 0.3) is 0 Å². The van der Waals surface area contributed by atoms with Crippen LogP contribution < -0.4 is 10.6 Å². The minimum Gasteiger partial charge on any atom is -0.377 e. The molecule has 1 fully saturated rings. The molecule has 2 rings (SSSR count).